The van der Waals surface area contributed by atoms with Gasteiger partial charge in [0.2, 0.25) is 0 Å². The standard InChI is InChI=1S/C9H8N2O2S/c1-13-6-2-3-8-7(4-6)11-9(14-8)5-10-12/h2-5,12H,1H3/b10-5-. The van der Waals surface area contributed by atoms with Crippen LogP contribution in [0.3, 0.4) is 0 Å². The molecular weight excluding hydrogens is 200 g/mol. The van der Waals surface area contributed by atoms with Crippen LogP contribution in [-0.2, 0) is 0 Å². The van der Waals surface area contributed by atoms with E-state index in [0.717, 1.165) is 16.0 Å². The Balaban J connectivity index is 2.54. The Morgan fingerprint density at radius 1 is 1.57 bits per heavy atom. The van der Waals surface area contributed by atoms with Crippen molar-refractivity contribution in [2.24, 2.45) is 5.16 Å². The zero-order valence-corrected chi connectivity index (χ0v) is 8.28. The van der Waals surface area contributed by atoms with Gasteiger partial charge in [-0.3, -0.25) is 0 Å². The second-order valence-corrected chi connectivity index (χ2v) is 3.69. The molecule has 1 heterocycles. The molecule has 14 heavy (non-hydrogen) atoms. The smallest absolute Gasteiger partial charge is 0.139 e. The maximum absolute atomic E-state index is 8.36. The van der Waals surface area contributed by atoms with Gasteiger partial charge >= 0.3 is 0 Å². The van der Waals surface area contributed by atoms with Crippen LogP contribution in [0.25, 0.3) is 10.2 Å². The molecule has 2 rings (SSSR count). The van der Waals surface area contributed by atoms with Gasteiger partial charge in [-0.15, -0.1) is 11.3 Å². The van der Waals surface area contributed by atoms with Crippen LogP contribution < -0.4 is 4.74 Å². The average molecular weight is 208 g/mol. The van der Waals surface area contributed by atoms with Crippen molar-refractivity contribution < 1.29 is 9.94 Å². The van der Waals surface area contributed by atoms with Crippen molar-refractivity contribution in [1.82, 2.24) is 4.98 Å². The van der Waals surface area contributed by atoms with Crippen LogP contribution in [0, 0.1) is 0 Å². The van der Waals surface area contributed by atoms with E-state index in [1.54, 1.807) is 7.11 Å². The fourth-order valence-corrected chi connectivity index (χ4v) is 1.97. The number of hydrogen-bond donors (Lipinski definition) is 1. The van der Waals surface area contributed by atoms with Crippen molar-refractivity contribution in [3.63, 3.8) is 0 Å². The Kier molecular flexibility index (Phi) is 2.32. The summed E-state index contributed by atoms with van der Waals surface area (Å²) >= 11 is 1.47. The topological polar surface area (TPSA) is 54.7 Å². The lowest BCUT2D eigenvalue weighted by atomic mass is 10.3. The Hall–Kier alpha value is -1.62. The third kappa shape index (κ3) is 1.54. The quantitative estimate of drug-likeness (QED) is 0.467. The molecule has 1 aromatic heterocycles. The zero-order valence-electron chi connectivity index (χ0n) is 7.47. The van der Waals surface area contributed by atoms with Crippen molar-refractivity contribution in [2.45, 2.75) is 0 Å². The third-order valence-corrected chi connectivity index (χ3v) is 2.75. The van der Waals surface area contributed by atoms with Crippen molar-refractivity contribution in [1.29, 1.82) is 0 Å². The molecule has 2 aromatic rings. The van der Waals surface area contributed by atoms with E-state index < -0.39 is 0 Å². The minimum absolute atomic E-state index is 0.677. The van der Waals surface area contributed by atoms with Gasteiger partial charge in [0.25, 0.3) is 0 Å². The number of benzene rings is 1. The molecule has 1 N–H and O–H groups in total. The lowest BCUT2D eigenvalue weighted by molar-refractivity contribution is 0.322. The normalized spacial score (nSPS) is 11.2. The van der Waals surface area contributed by atoms with Crippen molar-refractivity contribution in [2.75, 3.05) is 7.11 Å². The fourth-order valence-electron chi connectivity index (χ4n) is 1.16. The summed E-state index contributed by atoms with van der Waals surface area (Å²) in [5, 5.41) is 12.0. The Labute approximate surface area is 84.5 Å². The minimum Gasteiger partial charge on any atom is -0.497 e. The van der Waals surface area contributed by atoms with E-state index in [2.05, 4.69) is 10.1 Å². The molecule has 4 nitrogen and oxygen atoms in total. The second kappa shape index (κ2) is 3.63. The maximum atomic E-state index is 8.36. The predicted molar refractivity (Wildman–Crippen MR) is 55.6 cm³/mol. The van der Waals surface area contributed by atoms with E-state index in [9.17, 15) is 0 Å². The summed E-state index contributed by atoms with van der Waals surface area (Å²) in [6.45, 7) is 0. The molecule has 0 spiro atoms. The Morgan fingerprint density at radius 3 is 3.14 bits per heavy atom. The number of hydrogen-bond acceptors (Lipinski definition) is 5. The first-order valence-corrected chi connectivity index (χ1v) is 4.77. The highest BCUT2D eigenvalue weighted by Gasteiger charge is 2.02. The molecule has 72 valence electrons. The molecule has 0 saturated carbocycles. The summed E-state index contributed by atoms with van der Waals surface area (Å²) in [7, 11) is 1.61. The molecular formula is C9H8N2O2S. The molecule has 1 aromatic carbocycles. The SMILES string of the molecule is COc1ccc2sc(/C=N\O)nc2c1. The Bertz CT molecular complexity index is 479. The first-order valence-electron chi connectivity index (χ1n) is 3.95. The van der Waals surface area contributed by atoms with Crippen LogP contribution in [0.4, 0.5) is 0 Å². The molecule has 0 aliphatic carbocycles. The first-order chi connectivity index (χ1) is 6.83. The van der Waals surface area contributed by atoms with E-state index in [1.165, 1.54) is 17.6 Å². The zero-order chi connectivity index (χ0) is 9.97. The molecule has 0 amide bonds. The van der Waals surface area contributed by atoms with E-state index in [-0.39, 0.29) is 0 Å². The number of nitrogens with zero attached hydrogens (tertiary/aromatic N) is 2. The Morgan fingerprint density at radius 2 is 2.43 bits per heavy atom. The number of fused-ring (bicyclic) bond motifs is 1. The number of aromatic nitrogens is 1. The molecule has 0 aliphatic rings. The molecule has 0 saturated heterocycles. The highest BCUT2D eigenvalue weighted by atomic mass is 32.1. The van der Waals surface area contributed by atoms with Gasteiger partial charge in [-0.1, -0.05) is 5.16 Å². The van der Waals surface area contributed by atoms with Crippen LogP contribution in [0.1, 0.15) is 5.01 Å². The van der Waals surface area contributed by atoms with Crippen molar-refractivity contribution in [3.05, 3.63) is 23.2 Å². The van der Waals surface area contributed by atoms with Crippen LogP contribution in [0.2, 0.25) is 0 Å². The van der Waals surface area contributed by atoms with Gasteiger partial charge < -0.3 is 9.94 Å². The molecule has 0 aliphatic heterocycles. The molecule has 0 fully saturated rings. The highest BCUT2D eigenvalue weighted by molar-refractivity contribution is 7.20. The van der Waals surface area contributed by atoms with E-state index in [0.29, 0.717) is 5.01 Å². The largest absolute Gasteiger partial charge is 0.497 e. The van der Waals surface area contributed by atoms with Gasteiger partial charge in [-0.05, 0) is 12.1 Å². The van der Waals surface area contributed by atoms with Crippen molar-refractivity contribution in [3.8, 4) is 5.75 Å². The summed E-state index contributed by atoms with van der Waals surface area (Å²) < 4.78 is 6.12. The fraction of sp³-hybridized carbons (Fsp3) is 0.111. The van der Waals surface area contributed by atoms with E-state index in [1.807, 2.05) is 18.2 Å². The van der Waals surface area contributed by atoms with Gasteiger partial charge in [0, 0.05) is 6.07 Å². The summed E-state index contributed by atoms with van der Waals surface area (Å²) in [5.41, 5.74) is 0.851. The van der Waals surface area contributed by atoms with E-state index in [4.69, 9.17) is 9.94 Å². The van der Waals surface area contributed by atoms with E-state index >= 15 is 0 Å². The van der Waals surface area contributed by atoms with Crippen molar-refractivity contribution >= 4 is 27.8 Å². The average Bonchev–Trinajstić information content (AvgIpc) is 2.59. The molecule has 0 atom stereocenters. The lowest BCUT2D eigenvalue weighted by Crippen LogP contribution is -1.81. The number of oxime groups is 1. The number of methoxy groups -OCH3 is 1. The minimum atomic E-state index is 0.677. The van der Waals surface area contributed by atoms with Crippen LogP contribution in [-0.4, -0.2) is 23.5 Å². The van der Waals surface area contributed by atoms with Gasteiger partial charge in [0.1, 0.15) is 17.0 Å². The van der Waals surface area contributed by atoms with Crippen LogP contribution in [0.5, 0.6) is 5.75 Å². The van der Waals surface area contributed by atoms with Gasteiger partial charge in [-0.2, -0.15) is 0 Å². The van der Waals surface area contributed by atoms with Gasteiger partial charge in [-0.25, -0.2) is 4.98 Å². The number of rotatable bonds is 2. The monoisotopic (exact) mass is 208 g/mol. The highest BCUT2D eigenvalue weighted by Crippen LogP contribution is 2.24. The van der Waals surface area contributed by atoms with Crippen LogP contribution >= 0.6 is 11.3 Å². The number of thiazole rings is 1. The third-order valence-electron chi connectivity index (χ3n) is 1.78. The van der Waals surface area contributed by atoms with Gasteiger partial charge in [0.15, 0.2) is 0 Å². The predicted octanol–water partition coefficient (Wildman–Crippen LogP) is 2.11. The second-order valence-electron chi connectivity index (χ2n) is 2.63. The summed E-state index contributed by atoms with van der Waals surface area (Å²) in [4.78, 5) is 4.24. The first kappa shape index (κ1) is 8.96. The summed E-state index contributed by atoms with van der Waals surface area (Å²) in [6.07, 6.45) is 1.32. The molecule has 0 unspecified atom stereocenters. The van der Waals surface area contributed by atoms with Crippen LogP contribution in [0.15, 0.2) is 23.4 Å². The summed E-state index contributed by atoms with van der Waals surface area (Å²) in [5.74, 6) is 0.773. The lowest BCUT2D eigenvalue weighted by Gasteiger charge is -1.96. The molecule has 0 radical (unpaired) electrons. The maximum Gasteiger partial charge on any atom is 0.139 e. The molecule has 0 bridgehead atoms. The molecule has 5 heteroatoms. The summed E-state index contributed by atoms with van der Waals surface area (Å²) in [6, 6.07) is 5.65. The number of ether oxygens (including phenoxy) is 1. The van der Waals surface area contributed by atoms with Gasteiger partial charge in [0.05, 0.1) is 17.3 Å².